The minimum atomic E-state index is -0.186. The van der Waals surface area contributed by atoms with Crippen LogP contribution in [0.25, 0.3) is 0 Å². The molecule has 0 amide bonds. The van der Waals surface area contributed by atoms with Crippen LogP contribution in [0.5, 0.6) is 5.75 Å². The summed E-state index contributed by atoms with van der Waals surface area (Å²) in [4.78, 5) is 0. The molecule has 0 radical (unpaired) electrons. The maximum Gasteiger partial charge on any atom is 0.123 e. The van der Waals surface area contributed by atoms with Crippen LogP contribution in [0, 0.1) is 0 Å². The van der Waals surface area contributed by atoms with Crippen LogP contribution >= 0.6 is 0 Å². The molecule has 0 spiro atoms. The molecule has 1 aromatic carbocycles. The van der Waals surface area contributed by atoms with Crippen LogP contribution in [-0.2, 0) is 0 Å². The number of hydrogen-bond donors (Lipinski definition) is 1. The van der Waals surface area contributed by atoms with Crippen molar-refractivity contribution in [1.29, 1.82) is 0 Å². The standard InChI is InChI=1S/C13H19NO/c1-9-8-11(13(2,3)14)10-6-4-5-7-12(10)15-9/h4-7,9,11H,8,14H2,1-3H3. The average Bonchev–Trinajstić information content (AvgIpc) is 2.15. The van der Waals surface area contributed by atoms with E-state index in [2.05, 4.69) is 32.9 Å². The molecule has 2 nitrogen and oxygen atoms in total. The Morgan fingerprint density at radius 1 is 1.33 bits per heavy atom. The van der Waals surface area contributed by atoms with Gasteiger partial charge in [0.05, 0.1) is 6.10 Å². The van der Waals surface area contributed by atoms with Gasteiger partial charge in [-0.15, -0.1) is 0 Å². The second kappa shape index (κ2) is 3.53. The zero-order chi connectivity index (χ0) is 11.1. The molecule has 1 aromatic rings. The van der Waals surface area contributed by atoms with E-state index < -0.39 is 0 Å². The second-order valence-corrected chi connectivity index (χ2v) is 5.08. The predicted molar refractivity (Wildman–Crippen MR) is 62.2 cm³/mol. The van der Waals surface area contributed by atoms with E-state index in [1.165, 1.54) is 5.56 Å². The Bertz CT molecular complexity index is 354. The minimum Gasteiger partial charge on any atom is -0.490 e. The maximum atomic E-state index is 6.23. The Morgan fingerprint density at radius 3 is 2.67 bits per heavy atom. The summed E-state index contributed by atoms with van der Waals surface area (Å²) in [5.41, 5.74) is 7.30. The van der Waals surface area contributed by atoms with Crippen molar-refractivity contribution in [3.63, 3.8) is 0 Å². The Kier molecular flexibility index (Phi) is 2.47. The van der Waals surface area contributed by atoms with Crippen molar-refractivity contribution in [3.05, 3.63) is 29.8 Å². The number of rotatable bonds is 1. The smallest absolute Gasteiger partial charge is 0.123 e. The number of benzene rings is 1. The fourth-order valence-electron chi connectivity index (χ4n) is 2.30. The third kappa shape index (κ3) is 2.00. The molecule has 2 unspecified atom stereocenters. The van der Waals surface area contributed by atoms with Crippen molar-refractivity contribution in [1.82, 2.24) is 0 Å². The monoisotopic (exact) mass is 205 g/mol. The third-order valence-corrected chi connectivity index (χ3v) is 3.09. The van der Waals surface area contributed by atoms with Crippen LogP contribution in [-0.4, -0.2) is 11.6 Å². The van der Waals surface area contributed by atoms with Crippen molar-refractivity contribution < 1.29 is 4.74 Å². The van der Waals surface area contributed by atoms with Gasteiger partial charge in [-0.25, -0.2) is 0 Å². The SMILES string of the molecule is CC1CC(C(C)(C)N)c2ccccc2O1. The highest BCUT2D eigenvalue weighted by Gasteiger charge is 2.34. The van der Waals surface area contributed by atoms with Gasteiger partial charge in [0.2, 0.25) is 0 Å². The highest BCUT2D eigenvalue weighted by Crippen LogP contribution is 2.40. The zero-order valence-corrected chi connectivity index (χ0v) is 9.66. The minimum absolute atomic E-state index is 0.186. The van der Waals surface area contributed by atoms with Gasteiger partial charge in [0, 0.05) is 11.5 Å². The van der Waals surface area contributed by atoms with Crippen molar-refractivity contribution in [3.8, 4) is 5.75 Å². The molecule has 2 heteroatoms. The van der Waals surface area contributed by atoms with E-state index in [1.807, 2.05) is 12.1 Å². The summed E-state index contributed by atoms with van der Waals surface area (Å²) in [7, 11) is 0. The van der Waals surface area contributed by atoms with Gasteiger partial charge in [0.15, 0.2) is 0 Å². The molecule has 0 saturated carbocycles. The summed E-state index contributed by atoms with van der Waals surface area (Å²) >= 11 is 0. The van der Waals surface area contributed by atoms with E-state index in [9.17, 15) is 0 Å². The van der Waals surface area contributed by atoms with Gasteiger partial charge in [-0.3, -0.25) is 0 Å². The lowest BCUT2D eigenvalue weighted by Gasteiger charge is -2.38. The lowest BCUT2D eigenvalue weighted by molar-refractivity contribution is 0.155. The van der Waals surface area contributed by atoms with Crippen molar-refractivity contribution in [2.45, 2.75) is 44.8 Å². The molecule has 0 bridgehead atoms. The first-order valence-corrected chi connectivity index (χ1v) is 5.53. The van der Waals surface area contributed by atoms with Crippen LogP contribution < -0.4 is 10.5 Å². The first-order chi connectivity index (χ1) is 6.98. The Balaban J connectivity index is 2.43. The molecule has 2 N–H and O–H groups in total. The molecule has 1 aliphatic heterocycles. The Labute approximate surface area is 91.4 Å². The lowest BCUT2D eigenvalue weighted by Crippen LogP contribution is -2.43. The topological polar surface area (TPSA) is 35.2 Å². The average molecular weight is 205 g/mol. The summed E-state index contributed by atoms with van der Waals surface area (Å²) < 4.78 is 5.80. The molecular weight excluding hydrogens is 186 g/mol. The highest BCUT2D eigenvalue weighted by molar-refractivity contribution is 5.39. The van der Waals surface area contributed by atoms with Crippen LogP contribution in [0.1, 0.15) is 38.7 Å². The molecule has 0 aromatic heterocycles. The molecule has 2 atom stereocenters. The fraction of sp³-hybridized carbons (Fsp3) is 0.538. The highest BCUT2D eigenvalue weighted by atomic mass is 16.5. The summed E-state index contributed by atoms with van der Waals surface area (Å²) in [6.45, 7) is 6.29. The van der Waals surface area contributed by atoms with Gasteiger partial charge in [0.25, 0.3) is 0 Å². The van der Waals surface area contributed by atoms with Gasteiger partial charge in [0.1, 0.15) is 5.75 Å². The summed E-state index contributed by atoms with van der Waals surface area (Å²) in [6, 6.07) is 8.22. The second-order valence-electron chi connectivity index (χ2n) is 5.08. The van der Waals surface area contributed by atoms with E-state index in [-0.39, 0.29) is 11.6 Å². The Hall–Kier alpha value is -1.02. The van der Waals surface area contributed by atoms with E-state index in [1.54, 1.807) is 0 Å². The van der Waals surface area contributed by atoms with E-state index >= 15 is 0 Å². The number of para-hydroxylation sites is 1. The van der Waals surface area contributed by atoms with Gasteiger partial charge in [-0.1, -0.05) is 18.2 Å². The van der Waals surface area contributed by atoms with E-state index in [4.69, 9.17) is 10.5 Å². The normalized spacial score (nSPS) is 25.6. The van der Waals surface area contributed by atoms with Gasteiger partial charge >= 0.3 is 0 Å². The van der Waals surface area contributed by atoms with Crippen LogP contribution in [0.2, 0.25) is 0 Å². The fourth-order valence-corrected chi connectivity index (χ4v) is 2.30. The van der Waals surface area contributed by atoms with Gasteiger partial charge in [-0.2, -0.15) is 0 Å². The molecule has 2 rings (SSSR count). The van der Waals surface area contributed by atoms with Crippen LogP contribution in [0.15, 0.2) is 24.3 Å². The largest absolute Gasteiger partial charge is 0.490 e. The summed E-state index contributed by atoms with van der Waals surface area (Å²) in [5, 5.41) is 0. The van der Waals surface area contributed by atoms with Crippen molar-refractivity contribution in [2.75, 3.05) is 0 Å². The van der Waals surface area contributed by atoms with Crippen LogP contribution in [0.4, 0.5) is 0 Å². The quantitative estimate of drug-likeness (QED) is 0.765. The maximum absolute atomic E-state index is 6.23. The first kappa shape index (κ1) is 10.5. The van der Waals surface area contributed by atoms with Crippen molar-refractivity contribution >= 4 is 0 Å². The predicted octanol–water partition coefficient (Wildman–Crippen LogP) is 2.68. The lowest BCUT2D eigenvalue weighted by atomic mass is 9.77. The molecule has 0 fully saturated rings. The zero-order valence-electron chi connectivity index (χ0n) is 9.66. The van der Waals surface area contributed by atoms with Crippen LogP contribution in [0.3, 0.4) is 0 Å². The third-order valence-electron chi connectivity index (χ3n) is 3.09. The van der Waals surface area contributed by atoms with Gasteiger partial charge < -0.3 is 10.5 Å². The molecule has 0 aliphatic carbocycles. The molecule has 15 heavy (non-hydrogen) atoms. The molecular formula is C13H19NO. The summed E-state index contributed by atoms with van der Waals surface area (Å²) in [5.74, 6) is 1.39. The molecule has 1 heterocycles. The number of nitrogens with two attached hydrogens (primary N) is 1. The Morgan fingerprint density at radius 2 is 2.00 bits per heavy atom. The van der Waals surface area contributed by atoms with E-state index in [0.29, 0.717) is 5.92 Å². The molecule has 1 aliphatic rings. The molecule has 0 saturated heterocycles. The van der Waals surface area contributed by atoms with Crippen molar-refractivity contribution in [2.24, 2.45) is 5.73 Å². The number of fused-ring (bicyclic) bond motifs is 1. The molecule has 82 valence electrons. The number of ether oxygens (including phenoxy) is 1. The number of hydrogen-bond acceptors (Lipinski definition) is 2. The van der Waals surface area contributed by atoms with Gasteiger partial charge in [-0.05, 0) is 38.8 Å². The summed E-state index contributed by atoms with van der Waals surface area (Å²) in [6.07, 6.45) is 1.26. The first-order valence-electron chi connectivity index (χ1n) is 5.53. The van der Waals surface area contributed by atoms with E-state index in [0.717, 1.165) is 12.2 Å².